The van der Waals surface area contributed by atoms with Crippen molar-refractivity contribution in [3.8, 4) is 0 Å². The molecule has 0 aromatic heterocycles. The number of amides is 1. The zero-order chi connectivity index (χ0) is 16.6. The number of carboxylic acid groups (broad SMARTS) is 1. The maximum absolute atomic E-state index is 12.4. The number of carbonyl (C=O) groups excluding carboxylic acids is 1. The molecule has 0 aliphatic carbocycles. The highest BCUT2D eigenvalue weighted by atomic mass is 16.5. The third-order valence-electron chi connectivity index (χ3n) is 3.38. The largest absolute Gasteiger partial charge is 0.481 e. The van der Waals surface area contributed by atoms with E-state index in [2.05, 4.69) is 0 Å². The average molecular weight is 307 g/mol. The molecule has 0 spiro atoms. The lowest BCUT2D eigenvalue weighted by atomic mass is 9.93. The first kappa shape index (κ1) is 18.2. The molecule has 0 atom stereocenters. The summed E-state index contributed by atoms with van der Waals surface area (Å²) in [5, 5.41) is 8.63. The molecule has 1 rings (SSSR count). The van der Waals surface area contributed by atoms with Gasteiger partial charge in [-0.2, -0.15) is 0 Å². The lowest BCUT2D eigenvalue weighted by molar-refractivity contribution is -0.143. The molecule has 5 nitrogen and oxygen atoms in total. The molecule has 122 valence electrons. The van der Waals surface area contributed by atoms with E-state index in [4.69, 9.17) is 9.84 Å². The third kappa shape index (κ3) is 6.26. The lowest BCUT2D eigenvalue weighted by Gasteiger charge is -2.29. The molecule has 1 N–H and O–H groups in total. The molecule has 0 bridgehead atoms. The summed E-state index contributed by atoms with van der Waals surface area (Å²) >= 11 is 0. The van der Waals surface area contributed by atoms with Gasteiger partial charge in [-0.05, 0) is 25.8 Å². The minimum Gasteiger partial charge on any atom is -0.481 e. The van der Waals surface area contributed by atoms with Crippen molar-refractivity contribution < 1.29 is 19.4 Å². The van der Waals surface area contributed by atoms with Crippen LogP contribution in [0.15, 0.2) is 30.3 Å². The van der Waals surface area contributed by atoms with E-state index < -0.39 is 11.4 Å². The van der Waals surface area contributed by atoms with Crippen LogP contribution in [0.2, 0.25) is 0 Å². The van der Waals surface area contributed by atoms with Crippen LogP contribution in [0.1, 0.15) is 32.3 Å². The van der Waals surface area contributed by atoms with Crippen LogP contribution in [0.4, 0.5) is 0 Å². The molecule has 22 heavy (non-hydrogen) atoms. The number of carboxylic acids is 1. The fourth-order valence-electron chi connectivity index (χ4n) is 2.15. The Labute approximate surface area is 131 Å². The van der Waals surface area contributed by atoms with Crippen molar-refractivity contribution in [3.05, 3.63) is 35.9 Å². The second-order valence-electron chi connectivity index (χ2n) is 6.09. The van der Waals surface area contributed by atoms with Gasteiger partial charge in [-0.1, -0.05) is 30.3 Å². The molecule has 1 amide bonds. The van der Waals surface area contributed by atoms with E-state index in [9.17, 15) is 9.59 Å². The van der Waals surface area contributed by atoms with E-state index in [1.807, 2.05) is 44.2 Å². The molecular weight excluding hydrogens is 282 g/mol. The van der Waals surface area contributed by atoms with Crippen molar-refractivity contribution in [3.63, 3.8) is 0 Å². The van der Waals surface area contributed by atoms with E-state index in [-0.39, 0.29) is 12.3 Å². The van der Waals surface area contributed by atoms with Crippen LogP contribution in [0.25, 0.3) is 0 Å². The average Bonchev–Trinajstić information content (AvgIpc) is 2.46. The number of hydrogen-bond acceptors (Lipinski definition) is 3. The van der Waals surface area contributed by atoms with Crippen LogP contribution in [-0.2, 0) is 20.9 Å². The Balaban J connectivity index is 2.39. The topological polar surface area (TPSA) is 66.8 Å². The van der Waals surface area contributed by atoms with E-state index >= 15 is 0 Å². The molecule has 0 aliphatic heterocycles. The summed E-state index contributed by atoms with van der Waals surface area (Å²) in [4.78, 5) is 24.5. The van der Waals surface area contributed by atoms with Gasteiger partial charge in [0.05, 0.1) is 18.6 Å². The molecule has 5 heteroatoms. The molecular formula is C17H25NO4. The van der Waals surface area contributed by atoms with Crippen LogP contribution in [0, 0.1) is 5.41 Å². The number of hydrogen-bond donors (Lipinski definition) is 1. The van der Waals surface area contributed by atoms with Crippen molar-refractivity contribution in [1.82, 2.24) is 4.90 Å². The van der Waals surface area contributed by atoms with Crippen LogP contribution < -0.4 is 0 Å². The van der Waals surface area contributed by atoms with Gasteiger partial charge in [0.2, 0.25) is 5.91 Å². The monoisotopic (exact) mass is 307 g/mol. The van der Waals surface area contributed by atoms with Gasteiger partial charge in [-0.15, -0.1) is 0 Å². The number of nitrogens with zero attached hydrogens (tertiary/aromatic N) is 1. The summed E-state index contributed by atoms with van der Waals surface area (Å²) in [5.41, 5.74) is 0.438. The molecule has 0 unspecified atom stereocenters. The Morgan fingerprint density at radius 3 is 2.45 bits per heavy atom. The fraction of sp³-hybridized carbons (Fsp3) is 0.529. The Hall–Kier alpha value is -1.88. The highest BCUT2D eigenvalue weighted by molar-refractivity contribution is 5.81. The second kappa shape index (κ2) is 8.54. The van der Waals surface area contributed by atoms with Crippen LogP contribution in [0.3, 0.4) is 0 Å². The van der Waals surface area contributed by atoms with Crippen molar-refractivity contribution in [1.29, 1.82) is 0 Å². The molecule has 0 radical (unpaired) electrons. The number of rotatable bonds is 9. The third-order valence-corrected chi connectivity index (χ3v) is 3.38. The Morgan fingerprint density at radius 2 is 1.86 bits per heavy atom. The van der Waals surface area contributed by atoms with Crippen molar-refractivity contribution in [2.75, 3.05) is 20.2 Å². The van der Waals surface area contributed by atoms with E-state index in [0.717, 1.165) is 5.56 Å². The summed E-state index contributed by atoms with van der Waals surface area (Å²) < 4.78 is 5.66. The smallest absolute Gasteiger partial charge is 0.303 e. The van der Waals surface area contributed by atoms with Crippen LogP contribution >= 0.6 is 0 Å². The van der Waals surface area contributed by atoms with Gasteiger partial charge in [0.1, 0.15) is 0 Å². The van der Waals surface area contributed by atoms with Crippen LogP contribution in [-0.4, -0.2) is 42.1 Å². The molecule has 1 aromatic rings. The first-order valence-electron chi connectivity index (χ1n) is 7.42. The summed E-state index contributed by atoms with van der Waals surface area (Å²) in [6.45, 7) is 4.92. The van der Waals surface area contributed by atoms with E-state index in [1.54, 1.807) is 11.9 Å². The van der Waals surface area contributed by atoms with E-state index in [1.165, 1.54) is 0 Å². The minimum absolute atomic E-state index is 0.0362. The quantitative estimate of drug-likeness (QED) is 0.761. The Morgan fingerprint density at radius 1 is 1.23 bits per heavy atom. The summed E-state index contributed by atoms with van der Waals surface area (Å²) in [6, 6.07) is 9.80. The fourth-order valence-corrected chi connectivity index (χ4v) is 2.15. The van der Waals surface area contributed by atoms with Gasteiger partial charge < -0.3 is 14.7 Å². The van der Waals surface area contributed by atoms with Gasteiger partial charge in [0, 0.05) is 20.0 Å². The predicted molar refractivity (Wildman–Crippen MR) is 84.4 cm³/mol. The highest BCUT2D eigenvalue weighted by Gasteiger charge is 2.30. The standard InChI is InChI=1S/C17H25NO4/c1-17(2,13-22-12-14-8-5-4-6-9-14)16(21)18(3)11-7-10-15(19)20/h4-6,8-9H,7,10-13H2,1-3H3,(H,19,20). The molecule has 0 saturated heterocycles. The minimum atomic E-state index is -0.841. The summed E-state index contributed by atoms with van der Waals surface area (Å²) in [6.07, 6.45) is 0.529. The van der Waals surface area contributed by atoms with Crippen molar-refractivity contribution in [2.24, 2.45) is 5.41 Å². The lowest BCUT2D eigenvalue weighted by Crippen LogP contribution is -2.41. The maximum Gasteiger partial charge on any atom is 0.303 e. The number of ether oxygens (including phenoxy) is 1. The number of benzene rings is 1. The van der Waals surface area contributed by atoms with Gasteiger partial charge in [0.15, 0.2) is 0 Å². The van der Waals surface area contributed by atoms with Gasteiger partial charge in [-0.25, -0.2) is 0 Å². The van der Waals surface area contributed by atoms with Gasteiger partial charge >= 0.3 is 5.97 Å². The summed E-state index contributed by atoms with van der Waals surface area (Å²) in [7, 11) is 1.70. The first-order valence-corrected chi connectivity index (χ1v) is 7.42. The van der Waals surface area contributed by atoms with Crippen LogP contribution in [0.5, 0.6) is 0 Å². The number of carbonyl (C=O) groups is 2. The zero-order valence-corrected chi connectivity index (χ0v) is 13.5. The normalized spacial score (nSPS) is 11.2. The molecule has 0 heterocycles. The van der Waals surface area contributed by atoms with Gasteiger partial charge in [0.25, 0.3) is 0 Å². The zero-order valence-electron chi connectivity index (χ0n) is 13.5. The maximum atomic E-state index is 12.4. The highest BCUT2D eigenvalue weighted by Crippen LogP contribution is 2.20. The molecule has 0 aliphatic rings. The first-order chi connectivity index (χ1) is 10.3. The number of aliphatic carboxylic acids is 1. The Bertz CT molecular complexity index is 485. The molecule has 0 fully saturated rings. The molecule has 0 saturated carbocycles. The summed E-state index contributed by atoms with van der Waals surface area (Å²) in [5.74, 6) is -0.878. The SMILES string of the molecule is CN(CCCC(=O)O)C(=O)C(C)(C)COCc1ccccc1. The van der Waals surface area contributed by atoms with Crippen molar-refractivity contribution >= 4 is 11.9 Å². The Kier molecular flexibility index (Phi) is 7.05. The van der Waals surface area contributed by atoms with E-state index in [0.29, 0.717) is 26.2 Å². The van der Waals surface area contributed by atoms with Crippen molar-refractivity contribution in [2.45, 2.75) is 33.3 Å². The van der Waals surface area contributed by atoms with Gasteiger partial charge in [-0.3, -0.25) is 9.59 Å². The molecule has 1 aromatic carbocycles. The second-order valence-corrected chi connectivity index (χ2v) is 6.09. The predicted octanol–water partition coefficient (Wildman–Crippen LogP) is 2.55.